The Balaban J connectivity index is 3.15. The van der Waals surface area contributed by atoms with Gasteiger partial charge in [0.25, 0.3) is 0 Å². The van der Waals surface area contributed by atoms with Crippen LogP contribution >= 0.6 is 0 Å². The van der Waals surface area contributed by atoms with Crippen LogP contribution in [0, 0.1) is 11.8 Å². The van der Waals surface area contributed by atoms with Crippen molar-refractivity contribution in [3.8, 4) is 11.8 Å². The number of rotatable bonds is 1. The first kappa shape index (κ1) is 7.48. The maximum Gasteiger partial charge on any atom is 0.104 e. The van der Waals surface area contributed by atoms with Gasteiger partial charge in [0.05, 0.1) is 6.10 Å². The van der Waals surface area contributed by atoms with Gasteiger partial charge in [-0.1, -0.05) is 11.8 Å². The summed E-state index contributed by atoms with van der Waals surface area (Å²) in [4.78, 5) is 0. The van der Waals surface area contributed by atoms with E-state index in [0.717, 1.165) is 0 Å². The van der Waals surface area contributed by atoms with E-state index in [2.05, 4.69) is 11.8 Å². The number of hydrogen-bond acceptors (Lipinski definition) is 2. The van der Waals surface area contributed by atoms with Crippen LogP contribution in [0.5, 0.6) is 0 Å². The van der Waals surface area contributed by atoms with Gasteiger partial charge in [0.1, 0.15) is 6.61 Å². The van der Waals surface area contributed by atoms with E-state index in [1.54, 1.807) is 6.92 Å². The van der Waals surface area contributed by atoms with Gasteiger partial charge in [-0.15, -0.1) is 0 Å². The highest BCUT2D eigenvalue weighted by Gasteiger charge is 1.86. The molecule has 0 aromatic rings. The minimum Gasteiger partial charge on any atom is -0.392 e. The maximum atomic E-state index is 8.59. The number of aliphatic hydroxyl groups excluding tert-OH is 2. The summed E-state index contributed by atoms with van der Waals surface area (Å²) in [6, 6.07) is 0. The van der Waals surface area contributed by atoms with E-state index >= 15 is 0 Å². The van der Waals surface area contributed by atoms with E-state index in [9.17, 15) is 0 Å². The van der Waals surface area contributed by atoms with Crippen molar-refractivity contribution in [1.82, 2.24) is 0 Å². The van der Waals surface area contributed by atoms with Gasteiger partial charge in [-0.05, 0) is 6.92 Å². The molecule has 2 nitrogen and oxygen atoms in total. The molecule has 0 aromatic carbocycles. The molecule has 0 unspecified atom stereocenters. The first-order valence-corrected chi connectivity index (χ1v) is 2.52. The van der Waals surface area contributed by atoms with Crippen LogP contribution in [0.25, 0.3) is 0 Å². The van der Waals surface area contributed by atoms with Crippen molar-refractivity contribution in [2.75, 3.05) is 6.61 Å². The standard InChI is InChI=1S/C6H10O2/c1-6(8)4-2-3-5-7/h6-8H,4-5H2,1H3/t6-/m1/s1. The highest BCUT2D eigenvalue weighted by atomic mass is 16.3. The fraction of sp³-hybridized carbons (Fsp3) is 0.667. The lowest BCUT2D eigenvalue weighted by Crippen LogP contribution is -1.95. The smallest absolute Gasteiger partial charge is 0.104 e. The summed E-state index contributed by atoms with van der Waals surface area (Å²) in [6.07, 6.45) is 0.0645. The van der Waals surface area contributed by atoms with Crippen LogP contribution in [0.15, 0.2) is 0 Å². The van der Waals surface area contributed by atoms with Crippen molar-refractivity contribution in [1.29, 1.82) is 0 Å². The third-order valence-corrected chi connectivity index (χ3v) is 0.602. The molecule has 0 aliphatic carbocycles. The molecule has 0 saturated heterocycles. The first-order chi connectivity index (χ1) is 3.77. The van der Waals surface area contributed by atoms with Crippen molar-refractivity contribution in [2.24, 2.45) is 0 Å². The summed E-state index contributed by atoms with van der Waals surface area (Å²) in [5, 5.41) is 16.7. The van der Waals surface area contributed by atoms with Crippen molar-refractivity contribution in [2.45, 2.75) is 19.4 Å². The molecular weight excluding hydrogens is 104 g/mol. The lowest BCUT2D eigenvalue weighted by molar-refractivity contribution is 0.201. The third kappa shape index (κ3) is 5.48. The Hall–Kier alpha value is -0.520. The van der Waals surface area contributed by atoms with Gasteiger partial charge in [0.2, 0.25) is 0 Å². The predicted molar refractivity (Wildman–Crippen MR) is 31.2 cm³/mol. The summed E-state index contributed by atoms with van der Waals surface area (Å²) in [5.41, 5.74) is 0. The molecule has 0 saturated carbocycles. The zero-order chi connectivity index (χ0) is 6.41. The van der Waals surface area contributed by atoms with E-state index in [1.165, 1.54) is 0 Å². The van der Waals surface area contributed by atoms with E-state index in [0.29, 0.717) is 6.42 Å². The van der Waals surface area contributed by atoms with E-state index < -0.39 is 0 Å². The number of aliphatic hydroxyl groups is 2. The van der Waals surface area contributed by atoms with Gasteiger partial charge in [-0.25, -0.2) is 0 Å². The second-order valence-corrected chi connectivity index (χ2v) is 1.56. The molecule has 0 radical (unpaired) electrons. The van der Waals surface area contributed by atoms with Crippen LogP contribution in [0.2, 0.25) is 0 Å². The summed E-state index contributed by atoms with van der Waals surface area (Å²) >= 11 is 0. The van der Waals surface area contributed by atoms with Gasteiger partial charge in [0, 0.05) is 6.42 Å². The second-order valence-electron chi connectivity index (χ2n) is 1.56. The molecule has 0 aliphatic heterocycles. The molecule has 0 fully saturated rings. The van der Waals surface area contributed by atoms with Gasteiger partial charge < -0.3 is 10.2 Å². The molecule has 46 valence electrons. The number of hydrogen-bond donors (Lipinski definition) is 2. The van der Waals surface area contributed by atoms with E-state index in [4.69, 9.17) is 10.2 Å². The molecule has 0 amide bonds. The maximum absolute atomic E-state index is 8.59. The van der Waals surface area contributed by atoms with Crippen LogP contribution < -0.4 is 0 Å². The van der Waals surface area contributed by atoms with Crippen LogP contribution in [0.4, 0.5) is 0 Å². The van der Waals surface area contributed by atoms with Gasteiger partial charge in [0.15, 0.2) is 0 Å². The summed E-state index contributed by atoms with van der Waals surface area (Å²) < 4.78 is 0. The lowest BCUT2D eigenvalue weighted by Gasteiger charge is -1.91. The molecule has 0 bridgehead atoms. The largest absolute Gasteiger partial charge is 0.392 e. The molecular formula is C6H10O2. The van der Waals surface area contributed by atoms with Gasteiger partial charge in [-0.2, -0.15) is 0 Å². The van der Waals surface area contributed by atoms with Crippen molar-refractivity contribution in [3.05, 3.63) is 0 Å². The molecule has 1 atom stereocenters. The predicted octanol–water partition coefficient (Wildman–Crippen LogP) is -0.247. The molecule has 2 heteroatoms. The van der Waals surface area contributed by atoms with Crippen molar-refractivity contribution < 1.29 is 10.2 Å². The van der Waals surface area contributed by atoms with Crippen LogP contribution in [-0.2, 0) is 0 Å². The molecule has 2 N–H and O–H groups in total. The van der Waals surface area contributed by atoms with Gasteiger partial charge >= 0.3 is 0 Å². The average molecular weight is 114 g/mol. The molecule has 0 spiro atoms. The molecule has 8 heavy (non-hydrogen) atoms. The Morgan fingerprint density at radius 3 is 2.50 bits per heavy atom. The highest BCUT2D eigenvalue weighted by molar-refractivity contribution is 4.99. The fourth-order valence-corrected chi connectivity index (χ4v) is 0.276. The first-order valence-electron chi connectivity index (χ1n) is 2.52. The Labute approximate surface area is 49.2 Å². The monoisotopic (exact) mass is 114 g/mol. The topological polar surface area (TPSA) is 40.5 Å². The van der Waals surface area contributed by atoms with Crippen molar-refractivity contribution in [3.63, 3.8) is 0 Å². The van der Waals surface area contributed by atoms with Crippen LogP contribution in [0.1, 0.15) is 13.3 Å². The van der Waals surface area contributed by atoms with Crippen molar-refractivity contribution >= 4 is 0 Å². The van der Waals surface area contributed by atoms with Crippen LogP contribution in [0.3, 0.4) is 0 Å². The Morgan fingerprint density at radius 2 is 2.12 bits per heavy atom. The molecule has 0 rings (SSSR count). The van der Waals surface area contributed by atoms with E-state index in [-0.39, 0.29) is 12.7 Å². The minimum atomic E-state index is -0.381. The quantitative estimate of drug-likeness (QED) is 0.461. The zero-order valence-electron chi connectivity index (χ0n) is 4.89. The zero-order valence-corrected chi connectivity index (χ0v) is 4.89. The summed E-state index contributed by atoms with van der Waals surface area (Å²) in [6.45, 7) is 1.54. The molecule has 0 aromatic heterocycles. The SMILES string of the molecule is C[C@@H](O)CC#CCO. The fourth-order valence-electron chi connectivity index (χ4n) is 0.276. The molecule has 0 aliphatic rings. The lowest BCUT2D eigenvalue weighted by atomic mass is 10.3. The minimum absolute atomic E-state index is 0.118. The van der Waals surface area contributed by atoms with E-state index in [1.807, 2.05) is 0 Å². The Kier molecular flexibility index (Phi) is 4.33. The summed E-state index contributed by atoms with van der Waals surface area (Å²) in [5.74, 6) is 5.01. The van der Waals surface area contributed by atoms with Crippen LogP contribution in [-0.4, -0.2) is 22.9 Å². The molecule has 0 heterocycles. The van der Waals surface area contributed by atoms with Gasteiger partial charge in [-0.3, -0.25) is 0 Å². The Bertz CT molecular complexity index is 96.8. The third-order valence-electron chi connectivity index (χ3n) is 0.602. The second kappa shape index (κ2) is 4.63. The normalized spacial score (nSPS) is 11.9. The summed E-state index contributed by atoms with van der Waals surface area (Å²) in [7, 11) is 0. The average Bonchev–Trinajstić information content (AvgIpc) is 1.66. The Morgan fingerprint density at radius 1 is 1.50 bits per heavy atom. The highest BCUT2D eigenvalue weighted by Crippen LogP contribution is 1.83.